The van der Waals surface area contributed by atoms with Crippen molar-refractivity contribution in [2.45, 2.75) is 19.4 Å². The van der Waals surface area contributed by atoms with Crippen molar-refractivity contribution in [2.75, 3.05) is 17.3 Å². The van der Waals surface area contributed by atoms with Crippen LogP contribution in [0, 0.1) is 6.92 Å². The number of amides is 1. The van der Waals surface area contributed by atoms with Gasteiger partial charge in [-0.25, -0.2) is 0 Å². The van der Waals surface area contributed by atoms with Crippen molar-refractivity contribution >= 4 is 39.2 Å². The molecule has 1 aromatic rings. The fraction of sp³-hybridized carbons (Fsp3) is 0.333. The van der Waals surface area contributed by atoms with E-state index in [2.05, 4.69) is 21.2 Å². The number of rotatable bonds is 2. The molecule has 1 aliphatic rings. The summed E-state index contributed by atoms with van der Waals surface area (Å²) in [4.78, 5) is 24.3. The minimum absolute atomic E-state index is 0.227. The van der Waals surface area contributed by atoms with E-state index in [9.17, 15) is 9.59 Å². The molecule has 1 heterocycles. The van der Waals surface area contributed by atoms with E-state index in [1.54, 1.807) is 7.05 Å². The molecule has 0 saturated heterocycles. The molecule has 1 aliphatic heterocycles. The Morgan fingerprint density at radius 3 is 2.83 bits per heavy atom. The maximum absolute atomic E-state index is 12.0. The number of nitrogens with zero attached hydrogens (tertiary/aromatic N) is 1. The number of anilines is 2. The van der Waals surface area contributed by atoms with Crippen LogP contribution in [-0.2, 0) is 9.59 Å². The van der Waals surface area contributed by atoms with Gasteiger partial charge < -0.3 is 15.3 Å². The molecule has 1 atom stereocenters. The number of carboxylic acids is 1. The van der Waals surface area contributed by atoms with Crippen LogP contribution in [0.5, 0.6) is 0 Å². The van der Waals surface area contributed by atoms with Crippen molar-refractivity contribution in [3.8, 4) is 0 Å². The number of carbonyl (C=O) groups excluding carboxylic acids is 1. The zero-order valence-corrected chi connectivity index (χ0v) is 11.6. The molecule has 2 N–H and O–H groups in total. The Morgan fingerprint density at radius 2 is 2.22 bits per heavy atom. The molecule has 1 aromatic carbocycles. The highest BCUT2D eigenvalue weighted by Gasteiger charge is 2.32. The maximum atomic E-state index is 12.0. The monoisotopic (exact) mass is 312 g/mol. The van der Waals surface area contributed by atoms with Gasteiger partial charge in [-0.05, 0) is 24.6 Å². The van der Waals surface area contributed by atoms with Crippen molar-refractivity contribution in [3.63, 3.8) is 0 Å². The summed E-state index contributed by atoms with van der Waals surface area (Å²) >= 11 is 3.39. The van der Waals surface area contributed by atoms with Crippen molar-refractivity contribution in [1.82, 2.24) is 0 Å². The molecule has 5 nitrogen and oxygen atoms in total. The van der Waals surface area contributed by atoms with Gasteiger partial charge >= 0.3 is 5.97 Å². The number of aryl methyl sites for hydroxylation is 1. The van der Waals surface area contributed by atoms with E-state index in [-0.39, 0.29) is 12.3 Å². The second-order valence-electron chi connectivity index (χ2n) is 4.31. The summed E-state index contributed by atoms with van der Waals surface area (Å²) in [5.41, 5.74) is 2.52. The molecule has 0 aliphatic carbocycles. The quantitative estimate of drug-likeness (QED) is 0.876. The SMILES string of the molecule is Cc1cc(Br)cc2c1N(C)C(=O)C(CC(=O)O)N2. The summed E-state index contributed by atoms with van der Waals surface area (Å²) in [6.45, 7) is 1.91. The van der Waals surface area contributed by atoms with Crippen molar-refractivity contribution in [1.29, 1.82) is 0 Å². The van der Waals surface area contributed by atoms with Crippen LogP contribution in [0.3, 0.4) is 0 Å². The van der Waals surface area contributed by atoms with E-state index < -0.39 is 12.0 Å². The van der Waals surface area contributed by atoms with E-state index in [1.165, 1.54) is 4.90 Å². The van der Waals surface area contributed by atoms with Crippen molar-refractivity contribution in [3.05, 3.63) is 22.2 Å². The lowest BCUT2D eigenvalue weighted by Gasteiger charge is -2.33. The number of nitrogens with one attached hydrogen (secondary N) is 1. The number of hydrogen-bond acceptors (Lipinski definition) is 3. The summed E-state index contributed by atoms with van der Waals surface area (Å²) in [5, 5.41) is 11.8. The van der Waals surface area contributed by atoms with Crippen LogP contribution in [0.4, 0.5) is 11.4 Å². The first-order valence-corrected chi connectivity index (χ1v) is 6.25. The van der Waals surface area contributed by atoms with Gasteiger partial charge in [0.25, 0.3) is 0 Å². The molecule has 18 heavy (non-hydrogen) atoms. The van der Waals surface area contributed by atoms with Gasteiger partial charge in [0.05, 0.1) is 17.8 Å². The topological polar surface area (TPSA) is 69.6 Å². The molecule has 96 valence electrons. The lowest BCUT2D eigenvalue weighted by atomic mass is 10.0. The van der Waals surface area contributed by atoms with Gasteiger partial charge in [0.2, 0.25) is 5.91 Å². The average molecular weight is 313 g/mol. The zero-order chi connectivity index (χ0) is 13.4. The Bertz CT molecular complexity index is 530. The van der Waals surface area contributed by atoms with Gasteiger partial charge in [-0.2, -0.15) is 0 Å². The first-order valence-electron chi connectivity index (χ1n) is 5.46. The number of carboxylic acid groups (broad SMARTS) is 1. The first-order chi connectivity index (χ1) is 8.40. The standard InChI is InChI=1S/C12H13BrN2O3/c1-6-3-7(13)4-8-11(6)15(2)12(18)9(14-8)5-10(16)17/h3-4,9,14H,5H2,1-2H3,(H,16,17). The fourth-order valence-electron chi connectivity index (χ4n) is 2.20. The first kappa shape index (κ1) is 12.9. The number of fused-ring (bicyclic) bond motifs is 1. The predicted molar refractivity (Wildman–Crippen MR) is 72.0 cm³/mol. The predicted octanol–water partition coefficient (Wildman–Crippen LogP) is 1.99. The molecule has 0 saturated carbocycles. The molecule has 2 rings (SSSR count). The van der Waals surface area contributed by atoms with E-state index >= 15 is 0 Å². The van der Waals surface area contributed by atoms with Gasteiger partial charge in [0, 0.05) is 11.5 Å². The van der Waals surface area contributed by atoms with Crippen LogP contribution in [0.25, 0.3) is 0 Å². The molecule has 1 amide bonds. The van der Waals surface area contributed by atoms with Gasteiger partial charge in [0.1, 0.15) is 6.04 Å². The molecule has 1 unspecified atom stereocenters. The third kappa shape index (κ3) is 2.20. The van der Waals surface area contributed by atoms with Crippen molar-refractivity contribution < 1.29 is 14.7 Å². The van der Waals surface area contributed by atoms with Gasteiger partial charge in [0.15, 0.2) is 0 Å². The highest BCUT2D eigenvalue weighted by molar-refractivity contribution is 9.10. The van der Waals surface area contributed by atoms with Crippen LogP contribution in [0.2, 0.25) is 0 Å². The molecule has 0 bridgehead atoms. The highest BCUT2D eigenvalue weighted by Crippen LogP contribution is 2.36. The molecule has 0 radical (unpaired) electrons. The summed E-state index contributed by atoms with van der Waals surface area (Å²) in [5.74, 6) is -1.22. The summed E-state index contributed by atoms with van der Waals surface area (Å²) in [6, 6.07) is 3.05. The largest absolute Gasteiger partial charge is 0.481 e. The Kier molecular flexibility index (Phi) is 3.30. The number of carbonyl (C=O) groups is 2. The molecule has 6 heteroatoms. The smallest absolute Gasteiger partial charge is 0.305 e. The highest BCUT2D eigenvalue weighted by atomic mass is 79.9. The van der Waals surface area contributed by atoms with Crippen LogP contribution in [0.1, 0.15) is 12.0 Å². The number of halogens is 1. The number of benzene rings is 1. The Balaban J connectivity index is 2.44. The van der Waals surface area contributed by atoms with E-state index in [0.717, 1.165) is 21.4 Å². The van der Waals surface area contributed by atoms with Crippen LogP contribution in [0.15, 0.2) is 16.6 Å². The second-order valence-corrected chi connectivity index (χ2v) is 5.23. The minimum atomic E-state index is -0.996. The second kappa shape index (κ2) is 4.61. The molecular weight excluding hydrogens is 300 g/mol. The van der Waals surface area contributed by atoms with E-state index in [4.69, 9.17) is 5.11 Å². The van der Waals surface area contributed by atoms with E-state index in [0.29, 0.717) is 0 Å². The summed E-state index contributed by atoms with van der Waals surface area (Å²) in [6.07, 6.45) is -0.228. The minimum Gasteiger partial charge on any atom is -0.481 e. The maximum Gasteiger partial charge on any atom is 0.305 e. The normalized spacial score (nSPS) is 18.3. The fourth-order valence-corrected chi connectivity index (χ4v) is 2.77. The Morgan fingerprint density at radius 1 is 1.56 bits per heavy atom. The lowest BCUT2D eigenvalue weighted by molar-refractivity contribution is -0.138. The van der Waals surface area contributed by atoms with Gasteiger partial charge in [-0.3, -0.25) is 9.59 Å². The number of hydrogen-bond donors (Lipinski definition) is 2. The lowest BCUT2D eigenvalue weighted by Crippen LogP contribution is -2.46. The Labute approximate surface area is 113 Å². The van der Waals surface area contributed by atoms with Gasteiger partial charge in [-0.1, -0.05) is 15.9 Å². The zero-order valence-electron chi connectivity index (χ0n) is 10.0. The number of likely N-dealkylation sites (N-methyl/N-ethyl adjacent to an activating group) is 1. The number of aliphatic carboxylic acids is 1. The molecule has 0 spiro atoms. The van der Waals surface area contributed by atoms with Crippen molar-refractivity contribution in [2.24, 2.45) is 0 Å². The Hall–Kier alpha value is -1.56. The van der Waals surface area contributed by atoms with Crippen LogP contribution < -0.4 is 10.2 Å². The molecule has 0 aromatic heterocycles. The van der Waals surface area contributed by atoms with Crippen LogP contribution >= 0.6 is 15.9 Å². The summed E-state index contributed by atoms with van der Waals surface area (Å²) < 4.78 is 0.892. The molecular formula is C12H13BrN2O3. The third-order valence-electron chi connectivity index (χ3n) is 2.94. The third-order valence-corrected chi connectivity index (χ3v) is 3.40. The van der Waals surface area contributed by atoms with E-state index in [1.807, 2.05) is 19.1 Å². The van der Waals surface area contributed by atoms with Crippen LogP contribution in [-0.4, -0.2) is 30.1 Å². The van der Waals surface area contributed by atoms with Gasteiger partial charge in [-0.15, -0.1) is 0 Å². The summed E-state index contributed by atoms with van der Waals surface area (Å²) in [7, 11) is 1.66. The average Bonchev–Trinajstić information content (AvgIpc) is 2.23. The molecule has 0 fully saturated rings.